The summed E-state index contributed by atoms with van der Waals surface area (Å²) in [5, 5.41) is 0. The molecule has 2 aliphatic rings. The Hall–Kier alpha value is -1.03. The molecule has 0 radical (unpaired) electrons. The Bertz CT molecular complexity index is 576. The summed E-state index contributed by atoms with van der Waals surface area (Å²) in [6.07, 6.45) is -12.5. The molecule has 0 N–H and O–H groups in total. The first-order valence-electron chi connectivity index (χ1n) is 8.64. The van der Waals surface area contributed by atoms with Gasteiger partial charge in [0.1, 0.15) is 6.42 Å². The van der Waals surface area contributed by atoms with Crippen molar-refractivity contribution in [1.82, 2.24) is 0 Å². The largest absolute Gasteiger partial charge is 0.394 e. The number of hydrogen-bond acceptors (Lipinski definition) is 0. The fourth-order valence-corrected chi connectivity index (χ4v) is 4.20. The number of halogens is 11. The van der Waals surface area contributed by atoms with Gasteiger partial charge < -0.3 is 0 Å². The second-order valence-corrected chi connectivity index (χ2v) is 7.99. The van der Waals surface area contributed by atoms with Gasteiger partial charge in [-0.2, -0.15) is 13.2 Å². The van der Waals surface area contributed by atoms with Crippen molar-refractivity contribution in [2.45, 2.75) is 74.8 Å². The van der Waals surface area contributed by atoms with Crippen molar-refractivity contribution >= 4 is 0 Å². The van der Waals surface area contributed by atoms with E-state index < -0.39 is 67.9 Å². The summed E-state index contributed by atoms with van der Waals surface area (Å²) in [5.74, 6) is -19.3. The summed E-state index contributed by atoms with van der Waals surface area (Å²) in [7, 11) is 0. The van der Waals surface area contributed by atoms with Crippen LogP contribution in [-0.4, -0.2) is 29.9 Å². The Morgan fingerprint density at radius 2 is 1.04 bits per heavy atom. The molecule has 0 aromatic heterocycles. The molecule has 0 aromatic rings. The van der Waals surface area contributed by atoms with Crippen molar-refractivity contribution in [2.24, 2.45) is 17.8 Å². The first-order valence-corrected chi connectivity index (χ1v) is 8.64. The number of fused-ring (bicyclic) bond motifs is 2. The molecule has 0 nitrogen and oxygen atoms in total. The number of alkyl halides is 11. The second kappa shape index (κ2) is 7.34. The van der Waals surface area contributed by atoms with E-state index in [9.17, 15) is 48.3 Å². The molecule has 0 aromatic carbocycles. The first-order chi connectivity index (χ1) is 12.4. The van der Waals surface area contributed by atoms with Crippen LogP contribution in [0.3, 0.4) is 0 Å². The van der Waals surface area contributed by atoms with Gasteiger partial charge in [-0.3, -0.25) is 0 Å². The predicted octanol–water partition coefficient (Wildman–Crippen LogP) is 7.25. The second-order valence-electron chi connectivity index (χ2n) is 7.99. The molecule has 0 heterocycles. The molecule has 3 unspecified atom stereocenters. The van der Waals surface area contributed by atoms with Gasteiger partial charge in [0.2, 0.25) is 0 Å². The van der Waals surface area contributed by atoms with Crippen LogP contribution in [0.4, 0.5) is 48.3 Å². The van der Waals surface area contributed by atoms with Gasteiger partial charge in [-0.25, -0.2) is 35.1 Å². The highest BCUT2D eigenvalue weighted by molar-refractivity contribution is 5.10. The van der Waals surface area contributed by atoms with Crippen molar-refractivity contribution < 1.29 is 48.3 Å². The number of hydrogen-bond donors (Lipinski definition) is 0. The highest BCUT2D eigenvalue weighted by Gasteiger charge is 2.55. The molecular weight excluding hydrogens is 413 g/mol. The van der Waals surface area contributed by atoms with Crippen LogP contribution < -0.4 is 0 Å². The Balaban J connectivity index is 1.94. The van der Waals surface area contributed by atoms with E-state index in [0.29, 0.717) is 12.8 Å². The number of allylic oxidation sites excluding steroid dienone is 2. The van der Waals surface area contributed by atoms with Crippen molar-refractivity contribution in [3.8, 4) is 0 Å². The highest BCUT2D eigenvalue weighted by atomic mass is 19.4. The van der Waals surface area contributed by atoms with E-state index in [-0.39, 0.29) is 11.8 Å². The molecule has 11 heteroatoms. The summed E-state index contributed by atoms with van der Waals surface area (Å²) < 4.78 is 145. The van der Waals surface area contributed by atoms with Crippen LogP contribution in [0.15, 0.2) is 12.2 Å². The highest BCUT2D eigenvalue weighted by Crippen LogP contribution is 2.50. The molecule has 28 heavy (non-hydrogen) atoms. The van der Waals surface area contributed by atoms with Crippen molar-refractivity contribution in [3.63, 3.8) is 0 Å². The minimum Gasteiger partial charge on any atom is -0.207 e. The number of rotatable bonds is 9. The summed E-state index contributed by atoms with van der Waals surface area (Å²) in [6, 6.07) is 0. The van der Waals surface area contributed by atoms with Gasteiger partial charge in [0.25, 0.3) is 23.7 Å². The topological polar surface area (TPSA) is 0 Å². The summed E-state index contributed by atoms with van der Waals surface area (Å²) >= 11 is 0. The first kappa shape index (κ1) is 23.3. The zero-order chi connectivity index (χ0) is 21.6. The van der Waals surface area contributed by atoms with Gasteiger partial charge in [0.05, 0.1) is 19.3 Å². The van der Waals surface area contributed by atoms with Gasteiger partial charge >= 0.3 is 6.18 Å². The molecule has 2 aliphatic carbocycles. The maximum absolute atomic E-state index is 14.0. The van der Waals surface area contributed by atoms with Crippen molar-refractivity contribution in [3.05, 3.63) is 12.2 Å². The smallest absolute Gasteiger partial charge is 0.207 e. The molecule has 0 amide bonds. The summed E-state index contributed by atoms with van der Waals surface area (Å²) in [5.41, 5.74) is 0. The fraction of sp³-hybridized carbons (Fsp3) is 0.882. The van der Waals surface area contributed by atoms with E-state index in [1.54, 1.807) is 6.08 Å². The van der Waals surface area contributed by atoms with Crippen LogP contribution in [0.1, 0.15) is 44.9 Å². The van der Waals surface area contributed by atoms with Gasteiger partial charge in [0, 0.05) is 6.42 Å². The fourth-order valence-electron chi connectivity index (χ4n) is 4.20. The zero-order valence-corrected chi connectivity index (χ0v) is 14.5. The maximum atomic E-state index is 14.0. The Morgan fingerprint density at radius 1 is 0.571 bits per heavy atom. The third-order valence-electron chi connectivity index (χ3n) is 4.99. The summed E-state index contributed by atoms with van der Waals surface area (Å²) in [4.78, 5) is 0. The van der Waals surface area contributed by atoms with Gasteiger partial charge in [-0.15, -0.1) is 0 Å². The monoisotopic (exact) mass is 432 g/mol. The minimum atomic E-state index is -5.48. The standard InChI is InChI=1S/C17H19F11/c18-13(19,5-12-4-10-1-2-11(12)3-10)6-14(20,21)7-15(22,23)8-16(24,25)9-17(26,27)28/h1-2,10-12H,3-9H2. The molecule has 0 spiro atoms. The molecule has 164 valence electrons. The molecule has 3 atom stereocenters. The van der Waals surface area contributed by atoms with Crippen LogP contribution >= 0.6 is 0 Å². The molecule has 2 bridgehead atoms. The lowest BCUT2D eigenvalue weighted by Gasteiger charge is -2.30. The van der Waals surface area contributed by atoms with Crippen LogP contribution in [0.2, 0.25) is 0 Å². The lowest BCUT2D eigenvalue weighted by atomic mass is 9.86. The molecule has 1 saturated carbocycles. The van der Waals surface area contributed by atoms with Crippen molar-refractivity contribution in [1.29, 1.82) is 0 Å². The lowest BCUT2D eigenvalue weighted by Crippen LogP contribution is -2.40. The van der Waals surface area contributed by atoms with E-state index in [1.807, 2.05) is 6.08 Å². The van der Waals surface area contributed by atoms with Gasteiger partial charge in [0.15, 0.2) is 0 Å². The minimum absolute atomic E-state index is 0.0894. The third-order valence-corrected chi connectivity index (χ3v) is 4.99. The van der Waals surface area contributed by atoms with E-state index in [0.717, 1.165) is 0 Å². The molecule has 2 rings (SSSR count). The lowest BCUT2D eigenvalue weighted by molar-refractivity contribution is -0.217. The molecular formula is C17H19F11. The quantitative estimate of drug-likeness (QED) is 0.266. The zero-order valence-electron chi connectivity index (χ0n) is 14.5. The predicted molar refractivity (Wildman–Crippen MR) is 77.8 cm³/mol. The normalized spacial score (nSPS) is 26.3. The Labute approximate surface area is 154 Å². The Morgan fingerprint density at radius 3 is 1.43 bits per heavy atom. The molecule has 1 fully saturated rings. The van der Waals surface area contributed by atoms with E-state index >= 15 is 0 Å². The molecule has 0 saturated heterocycles. The van der Waals surface area contributed by atoms with Gasteiger partial charge in [-0.1, -0.05) is 12.2 Å². The van der Waals surface area contributed by atoms with E-state index in [2.05, 4.69) is 0 Å². The average Bonchev–Trinajstić information content (AvgIpc) is 2.90. The maximum Gasteiger partial charge on any atom is 0.394 e. The average molecular weight is 432 g/mol. The van der Waals surface area contributed by atoms with Crippen LogP contribution in [0, 0.1) is 17.8 Å². The van der Waals surface area contributed by atoms with Crippen LogP contribution in [0.25, 0.3) is 0 Å². The van der Waals surface area contributed by atoms with Crippen LogP contribution in [0.5, 0.6) is 0 Å². The van der Waals surface area contributed by atoms with E-state index in [1.165, 1.54) is 0 Å². The van der Waals surface area contributed by atoms with Gasteiger partial charge in [-0.05, 0) is 30.6 Å². The van der Waals surface area contributed by atoms with Crippen LogP contribution in [-0.2, 0) is 0 Å². The SMILES string of the molecule is FC(F)(F)CC(F)(F)CC(F)(F)CC(F)(F)CC(F)(F)CC1CC2C=CC1C2. The Kier molecular flexibility index (Phi) is 6.09. The van der Waals surface area contributed by atoms with Crippen molar-refractivity contribution in [2.75, 3.05) is 0 Å². The molecule has 0 aliphatic heterocycles. The van der Waals surface area contributed by atoms with E-state index in [4.69, 9.17) is 0 Å². The third kappa shape index (κ3) is 7.09. The summed E-state index contributed by atoms with van der Waals surface area (Å²) in [6.45, 7) is 0.